The fourth-order valence-corrected chi connectivity index (χ4v) is 5.19. The Labute approximate surface area is 135 Å². The van der Waals surface area contributed by atoms with E-state index in [4.69, 9.17) is 0 Å². The lowest BCUT2D eigenvalue weighted by Gasteiger charge is -2.02. The number of aromatic nitrogens is 2. The monoisotopic (exact) mass is 394 g/mol. The van der Waals surface area contributed by atoms with Crippen LogP contribution < -0.4 is 10.0 Å². The summed E-state index contributed by atoms with van der Waals surface area (Å²) in [7, 11) is -3.61. The minimum absolute atomic E-state index is 0.00939. The molecule has 0 unspecified atom stereocenters. The van der Waals surface area contributed by atoms with Crippen LogP contribution in [0.2, 0.25) is 0 Å². The van der Waals surface area contributed by atoms with E-state index in [1.807, 2.05) is 0 Å². The van der Waals surface area contributed by atoms with Crippen LogP contribution in [0.5, 0.6) is 0 Å². The number of hydrogen-bond acceptors (Lipinski definition) is 7. The molecule has 0 atom stereocenters. The van der Waals surface area contributed by atoms with Crippen LogP contribution in [0.15, 0.2) is 25.7 Å². The molecule has 2 heterocycles. The summed E-state index contributed by atoms with van der Waals surface area (Å²) >= 11 is 4.70. The Bertz CT molecular complexity index is 670. The van der Waals surface area contributed by atoms with Gasteiger partial charge in [-0.2, -0.15) is 4.98 Å². The van der Waals surface area contributed by atoms with Crippen molar-refractivity contribution in [2.24, 2.45) is 0 Å². The fraction of sp³-hybridized carbons (Fsp3) is 0.455. The van der Waals surface area contributed by atoms with Gasteiger partial charge in [-0.15, -0.1) is 11.3 Å². The summed E-state index contributed by atoms with van der Waals surface area (Å²) in [5.41, 5.74) is 0. The molecule has 0 fully saturated rings. The van der Waals surface area contributed by atoms with Gasteiger partial charge >= 0.3 is 0 Å². The van der Waals surface area contributed by atoms with Gasteiger partial charge in [0.1, 0.15) is 4.90 Å². The van der Waals surface area contributed by atoms with E-state index in [-0.39, 0.29) is 17.3 Å². The smallest absolute Gasteiger partial charge is 0.242 e. The average Bonchev–Trinajstić information content (AvgIpc) is 3.07. The van der Waals surface area contributed by atoms with Gasteiger partial charge < -0.3 is 9.84 Å². The van der Waals surface area contributed by atoms with Crippen LogP contribution >= 0.6 is 27.3 Å². The van der Waals surface area contributed by atoms with Crippen LogP contribution in [0.25, 0.3) is 0 Å². The van der Waals surface area contributed by atoms with Crippen molar-refractivity contribution in [2.45, 2.75) is 31.3 Å². The quantitative estimate of drug-likeness (QED) is 0.663. The number of hydrogen-bond donors (Lipinski definition) is 2. The van der Waals surface area contributed by atoms with Crippen LogP contribution in [0, 0.1) is 0 Å². The van der Waals surface area contributed by atoms with Crippen molar-refractivity contribution >= 4 is 37.3 Å². The normalized spacial score (nSPS) is 11.9. The minimum atomic E-state index is -3.61. The Hall–Kier alpha value is -0.810. The van der Waals surface area contributed by atoms with E-state index >= 15 is 0 Å². The molecule has 0 spiro atoms. The Morgan fingerprint density at radius 1 is 1.43 bits per heavy atom. The van der Waals surface area contributed by atoms with Gasteiger partial charge in [-0.3, -0.25) is 0 Å². The largest absolute Gasteiger partial charge is 0.343 e. The molecule has 0 aliphatic heterocycles. The molecule has 2 rings (SSSR count). The second-order valence-corrected chi connectivity index (χ2v) is 8.39. The third kappa shape index (κ3) is 4.58. The number of sulfonamides is 1. The average molecular weight is 395 g/mol. The highest BCUT2D eigenvalue weighted by atomic mass is 79.9. The van der Waals surface area contributed by atoms with Gasteiger partial charge in [0.15, 0.2) is 5.82 Å². The van der Waals surface area contributed by atoms with Crippen molar-refractivity contribution in [1.82, 2.24) is 20.2 Å². The third-order valence-electron chi connectivity index (χ3n) is 2.55. The van der Waals surface area contributed by atoms with E-state index in [9.17, 15) is 8.42 Å². The summed E-state index contributed by atoms with van der Waals surface area (Å²) in [6.07, 6.45) is 2.19. The second-order valence-electron chi connectivity index (χ2n) is 4.20. The number of halogens is 1. The molecule has 2 N–H and O–H groups in total. The van der Waals surface area contributed by atoms with E-state index in [1.54, 1.807) is 6.07 Å². The Kier molecular flexibility index (Phi) is 5.88. The fourth-order valence-electron chi connectivity index (χ4n) is 1.56. The zero-order valence-electron chi connectivity index (χ0n) is 11.3. The highest BCUT2D eigenvalue weighted by Gasteiger charge is 2.21. The van der Waals surface area contributed by atoms with E-state index in [2.05, 4.69) is 47.6 Å². The molecular formula is C11H15BrN4O3S2. The van der Waals surface area contributed by atoms with Crippen molar-refractivity contribution < 1.29 is 12.9 Å². The van der Waals surface area contributed by atoms with Crippen LogP contribution in [-0.2, 0) is 23.1 Å². The van der Waals surface area contributed by atoms with E-state index in [0.717, 1.165) is 24.2 Å². The number of thiophene rings is 1. The summed E-state index contributed by atoms with van der Waals surface area (Å²) in [5.74, 6) is 0.287. The molecule has 116 valence electrons. The van der Waals surface area contributed by atoms with E-state index in [0.29, 0.717) is 10.3 Å². The molecular weight excluding hydrogens is 380 g/mol. The molecule has 2 aromatic heterocycles. The molecule has 21 heavy (non-hydrogen) atoms. The van der Waals surface area contributed by atoms with Gasteiger partial charge in [-0.1, -0.05) is 12.1 Å². The van der Waals surface area contributed by atoms with Gasteiger partial charge in [-0.05, 0) is 35.0 Å². The molecule has 0 amide bonds. The molecule has 2 aromatic rings. The highest BCUT2D eigenvalue weighted by molar-refractivity contribution is 9.11. The number of nitrogens with zero attached hydrogens (tertiary/aromatic N) is 2. The van der Waals surface area contributed by atoms with Crippen molar-refractivity contribution in [3.8, 4) is 0 Å². The standard InChI is InChI=1S/C11H15BrN4O3S2/c1-2-3-13-5-8-4-9(11(12)20-8)21(17,18)15-6-10-14-7-19-16-10/h4,7,13,15H,2-3,5-6H2,1H3. The van der Waals surface area contributed by atoms with Gasteiger partial charge in [0.2, 0.25) is 16.4 Å². The van der Waals surface area contributed by atoms with Crippen molar-refractivity contribution in [3.05, 3.63) is 26.9 Å². The first-order valence-corrected chi connectivity index (χ1v) is 9.36. The maximum atomic E-state index is 12.3. The van der Waals surface area contributed by atoms with Crippen LogP contribution in [0.3, 0.4) is 0 Å². The Morgan fingerprint density at radius 3 is 2.90 bits per heavy atom. The predicted octanol–water partition coefficient (Wildman–Crippen LogP) is 1.87. The maximum absolute atomic E-state index is 12.3. The van der Waals surface area contributed by atoms with Crippen LogP contribution in [0.4, 0.5) is 0 Å². The lowest BCUT2D eigenvalue weighted by molar-refractivity contribution is 0.409. The first kappa shape index (κ1) is 16.6. The lowest BCUT2D eigenvalue weighted by Crippen LogP contribution is -2.23. The summed E-state index contributed by atoms with van der Waals surface area (Å²) in [6.45, 7) is 3.62. The molecule has 0 aromatic carbocycles. The SMILES string of the molecule is CCCNCc1cc(S(=O)(=O)NCc2ncon2)c(Br)s1. The molecule has 10 heteroatoms. The van der Waals surface area contributed by atoms with Crippen molar-refractivity contribution in [2.75, 3.05) is 6.54 Å². The van der Waals surface area contributed by atoms with Crippen LogP contribution in [-0.4, -0.2) is 25.1 Å². The first-order chi connectivity index (χ1) is 10.0. The third-order valence-corrected chi connectivity index (χ3v) is 6.20. The molecule has 0 saturated heterocycles. The summed E-state index contributed by atoms with van der Waals surface area (Å²) in [4.78, 5) is 4.95. The van der Waals surface area contributed by atoms with Gasteiger partial charge in [0, 0.05) is 11.4 Å². The zero-order valence-corrected chi connectivity index (χ0v) is 14.5. The molecule has 7 nitrogen and oxygen atoms in total. The molecule has 0 saturated carbocycles. The second kappa shape index (κ2) is 7.45. The topological polar surface area (TPSA) is 97.1 Å². The van der Waals surface area contributed by atoms with E-state index in [1.165, 1.54) is 11.3 Å². The number of nitrogens with one attached hydrogen (secondary N) is 2. The maximum Gasteiger partial charge on any atom is 0.242 e. The van der Waals surface area contributed by atoms with Crippen LogP contribution in [0.1, 0.15) is 24.0 Å². The van der Waals surface area contributed by atoms with Crippen molar-refractivity contribution in [3.63, 3.8) is 0 Å². The predicted molar refractivity (Wildman–Crippen MR) is 82.3 cm³/mol. The zero-order chi connectivity index (χ0) is 15.3. The molecule has 0 bridgehead atoms. The highest BCUT2D eigenvalue weighted by Crippen LogP contribution is 2.31. The molecule has 0 aliphatic carbocycles. The Morgan fingerprint density at radius 2 is 2.24 bits per heavy atom. The number of rotatable bonds is 8. The first-order valence-electron chi connectivity index (χ1n) is 6.26. The summed E-state index contributed by atoms with van der Waals surface area (Å²) < 4.78 is 32.1. The van der Waals surface area contributed by atoms with Gasteiger partial charge in [0.05, 0.1) is 10.3 Å². The Balaban J connectivity index is 2.05. The summed E-state index contributed by atoms with van der Waals surface area (Å²) in [5, 5.41) is 6.80. The lowest BCUT2D eigenvalue weighted by atomic mass is 10.4. The summed E-state index contributed by atoms with van der Waals surface area (Å²) in [6, 6.07) is 1.66. The molecule has 0 radical (unpaired) electrons. The van der Waals surface area contributed by atoms with Crippen molar-refractivity contribution in [1.29, 1.82) is 0 Å². The molecule has 0 aliphatic rings. The minimum Gasteiger partial charge on any atom is -0.343 e. The van der Waals surface area contributed by atoms with Gasteiger partial charge in [-0.25, -0.2) is 13.1 Å². The van der Waals surface area contributed by atoms with Gasteiger partial charge in [0.25, 0.3) is 0 Å². The van der Waals surface area contributed by atoms with E-state index < -0.39 is 10.0 Å².